The van der Waals surface area contributed by atoms with Crippen molar-refractivity contribution < 1.29 is 13.9 Å². The molecule has 0 radical (unpaired) electrons. The average Bonchev–Trinajstić information content (AvgIpc) is 2.61. The van der Waals surface area contributed by atoms with Crippen LogP contribution in [0, 0.1) is 0 Å². The van der Waals surface area contributed by atoms with Crippen molar-refractivity contribution >= 4 is 23.1 Å². The molecule has 0 saturated heterocycles. The first-order valence-electron chi connectivity index (χ1n) is 7.18. The molecule has 6 nitrogen and oxygen atoms in total. The fraction of sp³-hybridized carbons (Fsp3) is 0.0556. The van der Waals surface area contributed by atoms with Gasteiger partial charge in [0.1, 0.15) is 16.9 Å². The lowest BCUT2D eigenvalue weighted by atomic mass is 10.2. The van der Waals surface area contributed by atoms with Crippen LogP contribution in [0.2, 0.25) is 0 Å². The maximum absolute atomic E-state index is 12.1. The number of benzene rings is 2. The van der Waals surface area contributed by atoms with Gasteiger partial charge in [0.2, 0.25) is 0 Å². The minimum absolute atomic E-state index is 0.100. The Labute approximate surface area is 137 Å². The fourth-order valence-corrected chi connectivity index (χ4v) is 2.17. The zero-order chi connectivity index (χ0) is 16.9. The number of methoxy groups -OCH3 is 1. The van der Waals surface area contributed by atoms with E-state index in [9.17, 15) is 9.59 Å². The van der Waals surface area contributed by atoms with E-state index in [0.717, 1.165) is 5.56 Å². The van der Waals surface area contributed by atoms with Crippen LogP contribution in [-0.4, -0.2) is 19.2 Å². The number of carbonyl (C=O) groups is 1. The van der Waals surface area contributed by atoms with Crippen LogP contribution in [0.3, 0.4) is 0 Å². The summed E-state index contributed by atoms with van der Waals surface area (Å²) >= 11 is 0. The number of nitrogens with zero attached hydrogens (tertiary/aromatic N) is 1. The summed E-state index contributed by atoms with van der Waals surface area (Å²) in [4.78, 5) is 24.0. The van der Waals surface area contributed by atoms with E-state index in [1.165, 1.54) is 12.3 Å². The van der Waals surface area contributed by atoms with Crippen LogP contribution < -0.4 is 15.8 Å². The molecule has 3 rings (SSSR count). The molecule has 0 aliphatic heterocycles. The van der Waals surface area contributed by atoms with E-state index in [2.05, 4.69) is 10.5 Å². The first-order valence-corrected chi connectivity index (χ1v) is 7.18. The number of hydrogen-bond donors (Lipinski definition) is 1. The van der Waals surface area contributed by atoms with Crippen LogP contribution in [0.25, 0.3) is 11.0 Å². The number of para-hydroxylation sites is 1. The Morgan fingerprint density at radius 1 is 1.17 bits per heavy atom. The zero-order valence-electron chi connectivity index (χ0n) is 12.9. The molecule has 0 unspecified atom stereocenters. The molecule has 1 heterocycles. The molecule has 24 heavy (non-hydrogen) atoms. The van der Waals surface area contributed by atoms with Gasteiger partial charge >= 0.3 is 5.63 Å². The highest BCUT2D eigenvalue weighted by Gasteiger charge is 2.12. The lowest BCUT2D eigenvalue weighted by Crippen LogP contribution is -2.24. The fourth-order valence-electron chi connectivity index (χ4n) is 2.17. The summed E-state index contributed by atoms with van der Waals surface area (Å²) in [5.41, 5.74) is 2.69. The highest BCUT2D eigenvalue weighted by molar-refractivity contribution is 5.97. The van der Waals surface area contributed by atoms with Crippen LogP contribution >= 0.6 is 0 Å². The minimum atomic E-state index is -0.706. The molecule has 1 amide bonds. The van der Waals surface area contributed by atoms with Gasteiger partial charge in [0.05, 0.1) is 13.3 Å². The predicted octanol–water partition coefficient (Wildman–Crippen LogP) is 2.57. The number of nitrogens with one attached hydrogen (secondary N) is 1. The zero-order valence-corrected chi connectivity index (χ0v) is 12.9. The maximum atomic E-state index is 12.1. The van der Waals surface area contributed by atoms with E-state index in [4.69, 9.17) is 9.15 Å². The van der Waals surface area contributed by atoms with E-state index in [1.807, 2.05) is 6.07 Å². The molecule has 1 aromatic heterocycles. The van der Waals surface area contributed by atoms with E-state index in [-0.39, 0.29) is 5.56 Å². The predicted molar refractivity (Wildman–Crippen MR) is 90.5 cm³/mol. The van der Waals surface area contributed by atoms with Crippen molar-refractivity contribution in [2.75, 3.05) is 7.11 Å². The Balaban J connectivity index is 1.78. The van der Waals surface area contributed by atoms with Gasteiger partial charge in [-0.25, -0.2) is 10.2 Å². The number of ether oxygens (including phenoxy) is 1. The molecule has 2 aromatic carbocycles. The number of rotatable bonds is 4. The summed E-state index contributed by atoms with van der Waals surface area (Å²) < 4.78 is 10.2. The molecule has 0 bridgehead atoms. The number of fused-ring (bicyclic) bond motifs is 1. The number of carbonyl (C=O) groups excluding carboxylic acids is 1. The molecule has 0 fully saturated rings. The van der Waals surface area contributed by atoms with Gasteiger partial charge in [-0.3, -0.25) is 4.79 Å². The summed E-state index contributed by atoms with van der Waals surface area (Å²) in [6.45, 7) is 0. The SMILES string of the molecule is COc1cccc(/C=N/NC(=O)c2cc3ccccc3oc2=O)c1. The highest BCUT2D eigenvalue weighted by atomic mass is 16.5. The highest BCUT2D eigenvalue weighted by Crippen LogP contribution is 2.13. The lowest BCUT2D eigenvalue weighted by Gasteiger charge is -2.01. The topological polar surface area (TPSA) is 80.9 Å². The van der Waals surface area contributed by atoms with Gasteiger partial charge in [0.25, 0.3) is 5.91 Å². The Morgan fingerprint density at radius 2 is 2.00 bits per heavy atom. The summed E-state index contributed by atoms with van der Waals surface area (Å²) in [6, 6.07) is 15.6. The number of hydrazone groups is 1. The van der Waals surface area contributed by atoms with Crippen LogP contribution in [0.5, 0.6) is 5.75 Å². The third-order valence-corrected chi connectivity index (χ3v) is 3.36. The van der Waals surface area contributed by atoms with E-state index >= 15 is 0 Å². The monoisotopic (exact) mass is 322 g/mol. The van der Waals surface area contributed by atoms with Crippen molar-refractivity contribution in [3.63, 3.8) is 0 Å². The first kappa shape index (κ1) is 15.5. The number of hydrogen-bond acceptors (Lipinski definition) is 5. The Kier molecular flexibility index (Phi) is 4.38. The average molecular weight is 322 g/mol. The molecule has 1 N–H and O–H groups in total. The molecular weight excluding hydrogens is 308 g/mol. The second-order valence-electron chi connectivity index (χ2n) is 4.96. The van der Waals surface area contributed by atoms with Gasteiger partial charge in [-0.1, -0.05) is 30.3 Å². The summed E-state index contributed by atoms with van der Waals surface area (Å²) in [5.74, 6) is 0.0501. The van der Waals surface area contributed by atoms with Crippen LogP contribution in [-0.2, 0) is 0 Å². The van der Waals surface area contributed by atoms with Crippen LogP contribution in [0.1, 0.15) is 15.9 Å². The smallest absolute Gasteiger partial charge is 0.349 e. The maximum Gasteiger partial charge on any atom is 0.349 e. The first-order chi connectivity index (χ1) is 11.7. The molecule has 0 atom stereocenters. The molecular formula is C18H14N2O4. The summed E-state index contributed by atoms with van der Waals surface area (Å²) in [6.07, 6.45) is 1.46. The largest absolute Gasteiger partial charge is 0.497 e. The molecule has 0 aliphatic carbocycles. The van der Waals surface area contributed by atoms with Gasteiger partial charge in [-0.2, -0.15) is 5.10 Å². The Hall–Kier alpha value is -3.41. The van der Waals surface area contributed by atoms with E-state index in [1.54, 1.807) is 49.6 Å². The van der Waals surface area contributed by atoms with Gasteiger partial charge < -0.3 is 9.15 Å². The van der Waals surface area contributed by atoms with Crippen molar-refractivity contribution in [2.45, 2.75) is 0 Å². The third kappa shape index (κ3) is 3.33. The second-order valence-corrected chi connectivity index (χ2v) is 4.96. The van der Waals surface area contributed by atoms with Crippen molar-refractivity contribution in [3.8, 4) is 5.75 Å². The molecule has 120 valence electrons. The van der Waals surface area contributed by atoms with Gasteiger partial charge in [0, 0.05) is 5.39 Å². The molecule has 6 heteroatoms. The molecule has 0 aliphatic rings. The second kappa shape index (κ2) is 6.78. The van der Waals surface area contributed by atoms with E-state index in [0.29, 0.717) is 16.7 Å². The third-order valence-electron chi connectivity index (χ3n) is 3.36. The van der Waals surface area contributed by atoms with Crippen molar-refractivity contribution in [2.24, 2.45) is 5.10 Å². The quantitative estimate of drug-likeness (QED) is 0.455. The van der Waals surface area contributed by atoms with Gasteiger partial charge in [-0.15, -0.1) is 0 Å². The standard InChI is InChI=1S/C18H14N2O4/c1-23-14-7-4-5-12(9-14)11-19-20-17(21)15-10-13-6-2-3-8-16(13)24-18(15)22/h2-11H,1H3,(H,20,21)/b19-11+. The lowest BCUT2D eigenvalue weighted by molar-refractivity contribution is 0.0951. The van der Waals surface area contributed by atoms with Crippen molar-refractivity contribution in [1.82, 2.24) is 5.43 Å². The van der Waals surface area contributed by atoms with Crippen molar-refractivity contribution in [3.05, 3.63) is 76.1 Å². The van der Waals surface area contributed by atoms with Crippen LogP contribution in [0.15, 0.2) is 68.9 Å². The van der Waals surface area contributed by atoms with Gasteiger partial charge in [0.15, 0.2) is 0 Å². The van der Waals surface area contributed by atoms with Gasteiger partial charge in [-0.05, 0) is 29.8 Å². The Morgan fingerprint density at radius 3 is 2.83 bits per heavy atom. The minimum Gasteiger partial charge on any atom is -0.497 e. The summed E-state index contributed by atoms with van der Waals surface area (Å²) in [5, 5.41) is 4.52. The van der Waals surface area contributed by atoms with E-state index < -0.39 is 11.5 Å². The van der Waals surface area contributed by atoms with Crippen LogP contribution in [0.4, 0.5) is 0 Å². The van der Waals surface area contributed by atoms with Crippen molar-refractivity contribution in [1.29, 1.82) is 0 Å². The Bertz CT molecular complexity index is 976. The molecule has 3 aromatic rings. The molecule has 0 saturated carbocycles. The molecule has 0 spiro atoms. The number of amides is 1. The normalized spacial score (nSPS) is 10.9. The summed E-state index contributed by atoms with van der Waals surface area (Å²) in [7, 11) is 1.57.